The predicted octanol–water partition coefficient (Wildman–Crippen LogP) is 12.1. The van der Waals surface area contributed by atoms with E-state index in [4.69, 9.17) is 9.47 Å². The van der Waals surface area contributed by atoms with E-state index < -0.39 is 0 Å². The molecule has 0 aliphatic rings. The van der Waals surface area contributed by atoms with Gasteiger partial charge < -0.3 is 9.47 Å². The summed E-state index contributed by atoms with van der Waals surface area (Å²) >= 11 is 3.54. The molecule has 4 heteroatoms. The molecule has 0 aliphatic carbocycles. The zero-order chi connectivity index (χ0) is 25.5. The van der Waals surface area contributed by atoms with E-state index in [2.05, 4.69) is 36.7 Å². The Hall–Kier alpha value is -1.00. The average molecular weight is 535 g/mol. The highest BCUT2D eigenvalue weighted by Gasteiger charge is 2.15. The average Bonchev–Trinajstić information content (AvgIpc) is 3.55. The third-order valence-corrected chi connectivity index (χ3v) is 8.93. The first-order valence-electron chi connectivity index (χ1n) is 15.3. The Morgan fingerprint density at radius 1 is 0.444 bits per heavy atom. The monoisotopic (exact) mass is 534 g/mol. The van der Waals surface area contributed by atoms with Crippen LogP contribution in [0, 0.1) is 0 Å². The molecule has 0 spiro atoms. The first-order valence-corrected chi connectivity index (χ1v) is 17.0. The van der Waals surface area contributed by atoms with Gasteiger partial charge in [0.15, 0.2) is 0 Å². The lowest BCUT2D eigenvalue weighted by Crippen LogP contribution is -1.99. The molecule has 2 nitrogen and oxygen atoms in total. The van der Waals surface area contributed by atoms with Crippen molar-refractivity contribution in [3.05, 3.63) is 22.9 Å². The summed E-state index contributed by atoms with van der Waals surface area (Å²) < 4.78 is 12.4. The summed E-state index contributed by atoms with van der Waals surface area (Å²) in [5, 5.41) is 4.30. The predicted molar refractivity (Wildman–Crippen MR) is 162 cm³/mol. The van der Waals surface area contributed by atoms with Gasteiger partial charge in [0.2, 0.25) is 0 Å². The van der Waals surface area contributed by atoms with Crippen molar-refractivity contribution >= 4 is 22.7 Å². The fourth-order valence-corrected chi connectivity index (χ4v) is 6.54. The van der Waals surface area contributed by atoms with Crippen molar-refractivity contribution in [3.8, 4) is 21.3 Å². The molecule has 2 aromatic rings. The summed E-state index contributed by atoms with van der Waals surface area (Å²) in [6.45, 7) is 6.21. The Kier molecular flexibility index (Phi) is 19.1. The van der Waals surface area contributed by atoms with E-state index in [0.717, 1.165) is 37.6 Å². The number of ether oxygens (including phenoxy) is 2. The lowest BCUT2D eigenvalue weighted by Gasteiger charge is -2.09. The van der Waals surface area contributed by atoms with E-state index in [1.54, 1.807) is 22.7 Å². The van der Waals surface area contributed by atoms with Crippen molar-refractivity contribution < 1.29 is 9.47 Å². The fraction of sp³-hybridized carbons (Fsp3) is 0.750. The largest absolute Gasteiger partial charge is 0.492 e. The standard InChI is InChI=1S/C32H54O2S2/c1-3-5-7-9-11-13-15-17-19-21-25-33-29-23-27-35-31(29)32-30(24-28-36-32)34-26-22-20-18-16-14-12-10-8-6-4-2/h23-24,27-28H,3-22,25-26H2,1-2H3. The van der Waals surface area contributed by atoms with Gasteiger partial charge >= 0.3 is 0 Å². The first kappa shape index (κ1) is 31.2. The molecule has 2 aromatic heterocycles. The van der Waals surface area contributed by atoms with Crippen molar-refractivity contribution in [1.29, 1.82) is 0 Å². The molecule has 0 fully saturated rings. The smallest absolute Gasteiger partial charge is 0.138 e. The van der Waals surface area contributed by atoms with E-state index in [1.807, 2.05) is 0 Å². The number of unbranched alkanes of at least 4 members (excludes halogenated alkanes) is 18. The Labute approximate surface area is 231 Å². The SMILES string of the molecule is CCCCCCCCCCCCOc1ccsc1-c1sccc1OCCCCCCCCCCCC. The highest BCUT2D eigenvalue weighted by atomic mass is 32.1. The van der Waals surface area contributed by atoms with E-state index in [9.17, 15) is 0 Å². The maximum atomic E-state index is 6.20. The van der Waals surface area contributed by atoms with Crippen molar-refractivity contribution in [2.75, 3.05) is 13.2 Å². The van der Waals surface area contributed by atoms with Gasteiger partial charge in [0.25, 0.3) is 0 Å². The quantitative estimate of drug-likeness (QED) is 0.118. The second-order valence-electron chi connectivity index (χ2n) is 10.3. The van der Waals surface area contributed by atoms with Crippen LogP contribution in [-0.4, -0.2) is 13.2 Å². The van der Waals surface area contributed by atoms with Gasteiger partial charge in [-0.2, -0.15) is 0 Å². The topological polar surface area (TPSA) is 18.5 Å². The fourth-order valence-electron chi connectivity index (χ4n) is 4.70. The summed E-state index contributed by atoms with van der Waals surface area (Å²) in [5.41, 5.74) is 0. The van der Waals surface area contributed by atoms with E-state index in [0.29, 0.717) is 0 Å². The second-order valence-corrected chi connectivity index (χ2v) is 12.1. The molecule has 36 heavy (non-hydrogen) atoms. The lowest BCUT2D eigenvalue weighted by molar-refractivity contribution is 0.303. The van der Waals surface area contributed by atoms with Gasteiger partial charge in [0.1, 0.15) is 11.5 Å². The summed E-state index contributed by atoms with van der Waals surface area (Å²) in [4.78, 5) is 2.46. The summed E-state index contributed by atoms with van der Waals surface area (Å²) in [6, 6.07) is 4.25. The van der Waals surface area contributed by atoms with E-state index in [1.165, 1.54) is 125 Å². The minimum atomic E-state index is 0.820. The van der Waals surface area contributed by atoms with Crippen LogP contribution in [0.1, 0.15) is 142 Å². The van der Waals surface area contributed by atoms with Gasteiger partial charge in [-0.25, -0.2) is 0 Å². The maximum absolute atomic E-state index is 6.20. The molecular formula is C32H54O2S2. The van der Waals surface area contributed by atoms with E-state index in [-0.39, 0.29) is 0 Å². The first-order chi connectivity index (χ1) is 17.9. The molecule has 0 saturated carbocycles. The zero-order valence-corrected chi connectivity index (χ0v) is 25.1. The molecular weight excluding hydrogens is 480 g/mol. The minimum Gasteiger partial charge on any atom is -0.492 e. The van der Waals surface area contributed by atoms with Crippen LogP contribution >= 0.6 is 22.7 Å². The van der Waals surface area contributed by atoms with E-state index >= 15 is 0 Å². The number of hydrogen-bond acceptors (Lipinski definition) is 4. The van der Waals surface area contributed by atoms with Gasteiger partial charge in [0.05, 0.1) is 23.0 Å². The lowest BCUT2D eigenvalue weighted by atomic mass is 10.1. The molecule has 0 amide bonds. The van der Waals surface area contributed by atoms with Crippen LogP contribution in [0.15, 0.2) is 22.9 Å². The molecule has 2 heterocycles. The van der Waals surface area contributed by atoms with Crippen LogP contribution in [0.2, 0.25) is 0 Å². The molecule has 0 aliphatic heterocycles. The number of hydrogen-bond donors (Lipinski definition) is 0. The third-order valence-electron chi connectivity index (χ3n) is 6.98. The highest BCUT2D eigenvalue weighted by Crippen LogP contribution is 2.44. The third kappa shape index (κ3) is 14.1. The zero-order valence-electron chi connectivity index (χ0n) is 23.5. The molecule has 0 radical (unpaired) electrons. The van der Waals surface area contributed by atoms with Crippen molar-refractivity contribution in [2.45, 2.75) is 142 Å². The Bertz CT molecular complexity index is 674. The molecule has 0 aromatic carbocycles. The Morgan fingerprint density at radius 3 is 1.08 bits per heavy atom. The summed E-state index contributed by atoms with van der Waals surface area (Å²) in [6.07, 6.45) is 27.1. The molecule has 0 unspecified atom stereocenters. The van der Waals surface area contributed by atoms with Gasteiger partial charge in [-0.1, -0.05) is 129 Å². The molecule has 0 bridgehead atoms. The van der Waals surface area contributed by atoms with Crippen LogP contribution in [-0.2, 0) is 0 Å². The molecule has 206 valence electrons. The molecule has 0 saturated heterocycles. The highest BCUT2D eigenvalue weighted by molar-refractivity contribution is 7.21. The maximum Gasteiger partial charge on any atom is 0.138 e. The van der Waals surface area contributed by atoms with Gasteiger partial charge in [-0.3, -0.25) is 0 Å². The van der Waals surface area contributed by atoms with Crippen molar-refractivity contribution in [2.24, 2.45) is 0 Å². The van der Waals surface area contributed by atoms with Gasteiger partial charge in [-0.15, -0.1) is 22.7 Å². The number of thiophene rings is 2. The summed E-state index contributed by atoms with van der Waals surface area (Å²) in [5.74, 6) is 2.06. The minimum absolute atomic E-state index is 0.820. The molecule has 2 rings (SSSR count). The van der Waals surface area contributed by atoms with Crippen molar-refractivity contribution in [3.63, 3.8) is 0 Å². The normalized spacial score (nSPS) is 11.3. The van der Waals surface area contributed by atoms with Crippen molar-refractivity contribution in [1.82, 2.24) is 0 Å². The second kappa shape index (κ2) is 22.0. The van der Waals surface area contributed by atoms with Crippen LogP contribution in [0.5, 0.6) is 11.5 Å². The van der Waals surface area contributed by atoms with Crippen LogP contribution in [0.25, 0.3) is 9.75 Å². The Morgan fingerprint density at radius 2 is 0.750 bits per heavy atom. The molecule has 0 N–H and O–H groups in total. The Balaban J connectivity index is 1.56. The van der Waals surface area contributed by atoms with Crippen LogP contribution < -0.4 is 9.47 Å². The summed E-state index contributed by atoms with van der Waals surface area (Å²) in [7, 11) is 0. The number of rotatable bonds is 25. The molecule has 0 atom stereocenters. The van der Waals surface area contributed by atoms with Crippen LogP contribution in [0.3, 0.4) is 0 Å². The van der Waals surface area contributed by atoms with Crippen LogP contribution in [0.4, 0.5) is 0 Å². The van der Waals surface area contributed by atoms with Gasteiger partial charge in [0, 0.05) is 0 Å². The van der Waals surface area contributed by atoms with Gasteiger partial charge in [-0.05, 0) is 35.7 Å².